The molecule has 0 atom stereocenters. The van der Waals surface area contributed by atoms with Crippen LogP contribution in [0.15, 0.2) is 62.9 Å². The third kappa shape index (κ3) is 4.00. The van der Waals surface area contributed by atoms with Gasteiger partial charge in [0.1, 0.15) is 11.6 Å². The molecule has 0 fully saturated rings. The zero-order chi connectivity index (χ0) is 18.5. The van der Waals surface area contributed by atoms with Crippen LogP contribution >= 0.6 is 38.5 Å². The van der Waals surface area contributed by atoms with Gasteiger partial charge in [0.2, 0.25) is 5.95 Å². The van der Waals surface area contributed by atoms with E-state index in [2.05, 4.69) is 59.0 Å². The Morgan fingerprint density at radius 1 is 1.23 bits per heavy atom. The second-order valence-electron chi connectivity index (χ2n) is 5.13. The minimum Gasteiger partial charge on any atom is -0.290 e. The predicted molar refractivity (Wildman–Crippen MR) is 113 cm³/mol. The third-order valence-corrected chi connectivity index (χ3v) is 6.04. The van der Waals surface area contributed by atoms with Crippen molar-refractivity contribution in [3.05, 3.63) is 78.1 Å². The second-order valence-corrected chi connectivity index (χ2v) is 7.06. The Morgan fingerprint density at radius 3 is 2.73 bits per heavy atom. The van der Waals surface area contributed by atoms with Crippen LogP contribution in [0.1, 0.15) is 11.1 Å². The summed E-state index contributed by atoms with van der Waals surface area (Å²) in [7, 11) is 0. The molecule has 3 rings (SSSR count). The number of hydrazone groups is 1. The number of hydrogen-bond acceptors (Lipinski definition) is 5. The number of aromatic amines is 1. The Balaban J connectivity index is 1.93. The first kappa shape index (κ1) is 18.3. The van der Waals surface area contributed by atoms with Crippen molar-refractivity contribution in [2.45, 2.75) is 0 Å². The quantitative estimate of drug-likeness (QED) is 0.308. The summed E-state index contributed by atoms with van der Waals surface area (Å²) in [5.74, 6) is 0.161. The summed E-state index contributed by atoms with van der Waals surface area (Å²) >= 11 is 5.68. The van der Waals surface area contributed by atoms with Gasteiger partial charge >= 0.3 is 0 Å². The Bertz CT molecular complexity index is 1070. The number of rotatable bonds is 4. The van der Waals surface area contributed by atoms with Gasteiger partial charge in [-0.2, -0.15) is 10.4 Å². The van der Waals surface area contributed by atoms with Crippen molar-refractivity contribution in [3.63, 3.8) is 0 Å². The zero-order valence-corrected chi connectivity index (χ0v) is 16.9. The number of H-pyrrole nitrogens is 1. The Morgan fingerprint density at radius 2 is 2.00 bits per heavy atom. The molecule has 0 unspecified atom stereocenters. The van der Waals surface area contributed by atoms with Gasteiger partial charge < -0.3 is 0 Å². The van der Waals surface area contributed by atoms with E-state index in [0.717, 1.165) is 13.6 Å². The molecule has 3 aromatic rings. The molecular formula is C18H11BrIN5O. The number of hydrogen-bond donors (Lipinski definition) is 2. The van der Waals surface area contributed by atoms with Crippen LogP contribution in [0.5, 0.6) is 0 Å². The lowest BCUT2D eigenvalue weighted by atomic mass is 10.1. The lowest BCUT2D eigenvalue weighted by Crippen LogP contribution is -2.16. The largest absolute Gasteiger partial charge is 0.290 e. The van der Waals surface area contributed by atoms with Crippen LogP contribution in [0.2, 0.25) is 0 Å². The molecule has 6 nitrogen and oxygen atoms in total. The van der Waals surface area contributed by atoms with E-state index in [9.17, 15) is 10.1 Å². The maximum Gasteiger partial charge on any atom is 0.270 e. The van der Waals surface area contributed by atoms with Crippen molar-refractivity contribution in [1.29, 1.82) is 5.26 Å². The topological polar surface area (TPSA) is 93.9 Å². The molecule has 0 amide bonds. The number of aromatic nitrogens is 2. The molecule has 1 aromatic heterocycles. The van der Waals surface area contributed by atoms with Gasteiger partial charge in [-0.25, -0.2) is 10.4 Å². The summed E-state index contributed by atoms with van der Waals surface area (Å²) in [6.45, 7) is 0. The van der Waals surface area contributed by atoms with Gasteiger partial charge in [0.05, 0.1) is 11.9 Å². The molecule has 1 heterocycles. The van der Waals surface area contributed by atoms with Crippen LogP contribution in [0.3, 0.4) is 0 Å². The van der Waals surface area contributed by atoms with Crippen LogP contribution in [0, 0.1) is 14.9 Å². The number of halogens is 2. The minimum atomic E-state index is -0.518. The van der Waals surface area contributed by atoms with Crippen molar-refractivity contribution in [2.75, 3.05) is 5.43 Å². The van der Waals surface area contributed by atoms with Crippen LogP contribution in [0.25, 0.3) is 11.3 Å². The molecule has 8 heteroatoms. The Hall–Kier alpha value is -2.51. The standard InChI is InChI=1S/C18H11BrIN5O/c19-14-8-4-7-12(15(14)20)10-22-25-18-23-16(11-5-2-1-3-6-11)13(9-21)17(26)24-18/h1-8,10H,(H2,23,24,25,26). The van der Waals surface area contributed by atoms with E-state index < -0.39 is 5.56 Å². The molecular weight excluding hydrogens is 509 g/mol. The molecule has 2 N–H and O–H groups in total. The molecule has 0 aliphatic rings. The third-order valence-electron chi connectivity index (χ3n) is 3.43. The Kier molecular flexibility index (Phi) is 5.80. The van der Waals surface area contributed by atoms with E-state index in [1.807, 2.05) is 42.5 Å². The highest BCUT2D eigenvalue weighted by Crippen LogP contribution is 2.22. The van der Waals surface area contributed by atoms with E-state index in [-0.39, 0.29) is 11.5 Å². The fourth-order valence-corrected chi connectivity index (χ4v) is 3.10. The van der Waals surface area contributed by atoms with Crippen LogP contribution in [0.4, 0.5) is 5.95 Å². The van der Waals surface area contributed by atoms with Gasteiger partial charge in [0, 0.05) is 19.2 Å². The summed E-state index contributed by atoms with van der Waals surface area (Å²) < 4.78 is 1.99. The van der Waals surface area contributed by atoms with Gasteiger partial charge in [-0.05, 0) is 44.6 Å². The highest BCUT2D eigenvalue weighted by Gasteiger charge is 2.12. The molecule has 0 saturated heterocycles. The normalized spacial score (nSPS) is 10.7. The smallest absolute Gasteiger partial charge is 0.270 e. The van der Waals surface area contributed by atoms with E-state index in [4.69, 9.17) is 0 Å². The number of nitriles is 1. The zero-order valence-electron chi connectivity index (χ0n) is 13.2. The van der Waals surface area contributed by atoms with Crippen LogP contribution in [-0.4, -0.2) is 16.2 Å². The van der Waals surface area contributed by atoms with E-state index in [1.54, 1.807) is 18.3 Å². The molecule has 0 radical (unpaired) electrons. The summed E-state index contributed by atoms with van der Waals surface area (Å²) in [6, 6.07) is 16.7. The van der Waals surface area contributed by atoms with Crippen LogP contribution < -0.4 is 11.0 Å². The first-order valence-electron chi connectivity index (χ1n) is 7.43. The summed E-state index contributed by atoms with van der Waals surface area (Å²) in [5, 5.41) is 13.4. The van der Waals surface area contributed by atoms with Gasteiger partial charge in [-0.15, -0.1) is 0 Å². The van der Waals surface area contributed by atoms with Crippen molar-refractivity contribution in [1.82, 2.24) is 9.97 Å². The van der Waals surface area contributed by atoms with Gasteiger partial charge in [-0.3, -0.25) is 9.78 Å². The fraction of sp³-hybridized carbons (Fsp3) is 0. The number of nitrogens with zero attached hydrogens (tertiary/aromatic N) is 3. The maximum atomic E-state index is 12.2. The first-order chi connectivity index (χ1) is 12.6. The summed E-state index contributed by atoms with van der Waals surface area (Å²) in [4.78, 5) is 19.0. The summed E-state index contributed by atoms with van der Waals surface area (Å²) in [5.41, 5.74) is 4.07. The average molecular weight is 520 g/mol. The van der Waals surface area contributed by atoms with Crippen molar-refractivity contribution >= 4 is 50.7 Å². The second kappa shape index (κ2) is 8.25. The van der Waals surface area contributed by atoms with Crippen molar-refractivity contribution < 1.29 is 0 Å². The van der Waals surface area contributed by atoms with Crippen molar-refractivity contribution in [3.8, 4) is 17.3 Å². The molecule has 26 heavy (non-hydrogen) atoms. The number of anilines is 1. The van der Waals surface area contributed by atoms with E-state index in [1.165, 1.54) is 0 Å². The lowest BCUT2D eigenvalue weighted by Gasteiger charge is -2.06. The molecule has 0 aliphatic heterocycles. The number of nitrogens with one attached hydrogen (secondary N) is 2. The van der Waals surface area contributed by atoms with Gasteiger partial charge in [-0.1, -0.05) is 42.5 Å². The highest BCUT2D eigenvalue weighted by molar-refractivity contribution is 14.1. The lowest BCUT2D eigenvalue weighted by molar-refractivity contribution is 1.08. The number of benzene rings is 2. The molecule has 2 aromatic carbocycles. The summed E-state index contributed by atoms with van der Waals surface area (Å²) in [6.07, 6.45) is 1.63. The highest BCUT2D eigenvalue weighted by atomic mass is 127. The monoisotopic (exact) mass is 519 g/mol. The molecule has 0 aliphatic carbocycles. The molecule has 0 bridgehead atoms. The molecule has 0 spiro atoms. The Labute approximate surface area is 171 Å². The maximum absolute atomic E-state index is 12.2. The van der Waals surface area contributed by atoms with E-state index >= 15 is 0 Å². The van der Waals surface area contributed by atoms with Crippen molar-refractivity contribution in [2.24, 2.45) is 5.10 Å². The SMILES string of the molecule is N#Cc1c(-c2ccccc2)nc(NN=Cc2cccc(Br)c2I)[nH]c1=O. The average Bonchev–Trinajstić information content (AvgIpc) is 2.65. The molecule has 128 valence electrons. The minimum absolute atomic E-state index is 0.0349. The van der Waals surface area contributed by atoms with Crippen LogP contribution in [-0.2, 0) is 0 Å². The first-order valence-corrected chi connectivity index (χ1v) is 9.30. The predicted octanol–water partition coefficient (Wildman–Crippen LogP) is 4.12. The molecule has 0 saturated carbocycles. The van der Waals surface area contributed by atoms with E-state index in [0.29, 0.717) is 11.3 Å². The fourth-order valence-electron chi connectivity index (χ4n) is 2.22. The van der Waals surface area contributed by atoms with Gasteiger partial charge in [0.25, 0.3) is 5.56 Å². The van der Waals surface area contributed by atoms with Gasteiger partial charge in [0.15, 0.2) is 0 Å².